The van der Waals surface area contributed by atoms with E-state index in [0.717, 1.165) is 5.52 Å². The van der Waals surface area contributed by atoms with Gasteiger partial charge in [0.15, 0.2) is 0 Å². The van der Waals surface area contributed by atoms with Crippen molar-refractivity contribution in [3.63, 3.8) is 0 Å². The zero-order valence-corrected chi connectivity index (χ0v) is 11.2. The number of aromatic nitrogens is 1. The highest BCUT2D eigenvalue weighted by atomic mass is 32.1. The summed E-state index contributed by atoms with van der Waals surface area (Å²) in [5.41, 5.74) is 2.40. The van der Waals surface area contributed by atoms with Gasteiger partial charge in [-0.3, -0.25) is 4.79 Å². The first kappa shape index (κ1) is 13.2. The molecule has 1 saturated carbocycles. The first-order valence-corrected chi connectivity index (χ1v) is 6.97. The predicted octanol–water partition coefficient (Wildman–Crippen LogP) is 3.18. The molecule has 2 aromatic rings. The maximum atomic E-state index is 10.6. The van der Waals surface area contributed by atoms with Crippen LogP contribution in [-0.2, 0) is 4.79 Å². The van der Waals surface area contributed by atoms with Crippen molar-refractivity contribution in [3.8, 4) is 0 Å². The highest BCUT2D eigenvalue weighted by Gasteiger charge is 2.26. The van der Waals surface area contributed by atoms with Crippen molar-refractivity contribution in [1.82, 2.24) is 4.98 Å². The molecule has 1 fully saturated rings. The molecule has 0 radical (unpaired) electrons. The van der Waals surface area contributed by atoms with E-state index in [1.54, 1.807) is 18.3 Å². The van der Waals surface area contributed by atoms with Crippen molar-refractivity contribution in [2.75, 3.05) is 0 Å². The second kappa shape index (κ2) is 5.59. The average Bonchev–Trinajstić information content (AvgIpc) is 2.82. The van der Waals surface area contributed by atoms with Gasteiger partial charge in [-0.15, -0.1) is 11.3 Å². The fraction of sp³-hybridized carbons (Fsp3) is 0.429. The third-order valence-corrected chi connectivity index (χ3v) is 3.93. The molecule has 0 bridgehead atoms. The molecule has 3 rings (SSSR count). The fourth-order valence-electron chi connectivity index (χ4n) is 1.87. The Morgan fingerprint density at radius 3 is 2.56 bits per heavy atom. The van der Waals surface area contributed by atoms with Crippen molar-refractivity contribution in [1.29, 1.82) is 0 Å². The smallest absolute Gasteiger partial charge is 0.133 e. The summed E-state index contributed by atoms with van der Waals surface area (Å²) in [7, 11) is 0. The molecule has 0 amide bonds. The zero-order chi connectivity index (χ0) is 13.0. The van der Waals surface area contributed by atoms with E-state index in [1.807, 2.05) is 23.7 Å². The molecule has 96 valence electrons. The zero-order valence-electron chi connectivity index (χ0n) is 10.4. The number of ketones is 1. The lowest BCUT2D eigenvalue weighted by molar-refractivity contribution is -0.124. The van der Waals surface area contributed by atoms with Crippen LogP contribution >= 0.6 is 11.3 Å². The second-order valence-electron chi connectivity index (χ2n) is 4.86. The summed E-state index contributed by atoms with van der Waals surface area (Å²) in [4.78, 5) is 14.8. The van der Waals surface area contributed by atoms with E-state index in [0.29, 0.717) is 31.5 Å². The molecule has 1 N–H and O–H groups in total. The maximum Gasteiger partial charge on any atom is 0.133 e. The van der Waals surface area contributed by atoms with Gasteiger partial charge in [-0.05, 0) is 31.9 Å². The van der Waals surface area contributed by atoms with Gasteiger partial charge in [-0.25, -0.2) is 4.98 Å². The van der Waals surface area contributed by atoms with E-state index in [1.165, 1.54) is 4.70 Å². The van der Waals surface area contributed by atoms with Gasteiger partial charge in [0.1, 0.15) is 5.78 Å². The fourth-order valence-corrected chi connectivity index (χ4v) is 2.55. The van der Waals surface area contributed by atoms with Gasteiger partial charge in [0.2, 0.25) is 0 Å². The molecule has 1 aromatic heterocycles. The standard InChI is InChI=1S/C7H5NS.C7H12O2/c1-2-4-7-6(3-1)8-5-9-7;1-7(9)4-2-6(8)3-5-7/h1-5H;9H,2-5H2,1H3. The van der Waals surface area contributed by atoms with E-state index < -0.39 is 5.60 Å². The number of hydrogen-bond acceptors (Lipinski definition) is 4. The van der Waals surface area contributed by atoms with Crippen LogP contribution in [0.1, 0.15) is 32.6 Å². The lowest BCUT2D eigenvalue weighted by Gasteiger charge is -2.26. The summed E-state index contributed by atoms with van der Waals surface area (Å²) in [6.45, 7) is 1.79. The van der Waals surface area contributed by atoms with E-state index in [9.17, 15) is 9.90 Å². The molecule has 1 heterocycles. The highest BCUT2D eigenvalue weighted by molar-refractivity contribution is 7.16. The van der Waals surface area contributed by atoms with Gasteiger partial charge < -0.3 is 5.11 Å². The van der Waals surface area contributed by atoms with Gasteiger partial charge in [-0.2, -0.15) is 0 Å². The Morgan fingerprint density at radius 2 is 1.94 bits per heavy atom. The minimum absolute atomic E-state index is 0.293. The van der Waals surface area contributed by atoms with Crippen LogP contribution in [0.25, 0.3) is 10.2 Å². The number of aliphatic hydroxyl groups is 1. The van der Waals surface area contributed by atoms with Crippen molar-refractivity contribution < 1.29 is 9.90 Å². The van der Waals surface area contributed by atoms with Gasteiger partial charge >= 0.3 is 0 Å². The number of Topliss-reactive ketones (excluding diaryl/α,β-unsaturated/α-hetero) is 1. The van der Waals surface area contributed by atoms with Crippen LogP contribution in [0.15, 0.2) is 29.8 Å². The number of fused-ring (bicyclic) bond motifs is 1. The van der Waals surface area contributed by atoms with Crippen LogP contribution in [-0.4, -0.2) is 21.5 Å². The van der Waals surface area contributed by atoms with Crippen molar-refractivity contribution in [3.05, 3.63) is 29.8 Å². The molecule has 0 unspecified atom stereocenters. The molecule has 1 aliphatic carbocycles. The predicted molar refractivity (Wildman–Crippen MR) is 73.7 cm³/mol. The van der Waals surface area contributed by atoms with Gasteiger partial charge in [0.25, 0.3) is 0 Å². The van der Waals surface area contributed by atoms with E-state index in [2.05, 4.69) is 11.1 Å². The van der Waals surface area contributed by atoms with Crippen molar-refractivity contribution in [2.45, 2.75) is 38.2 Å². The summed E-state index contributed by atoms with van der Waals surface area (Å²) in [6.07, 6.45) is 2.41. The topological polar surface area (TPSA) is 50.2 Å². The summed E-state index contributed by atoms with van der Waals surface area (Å²) in [6, 6.07) is 8.13. The van der Waals surface area contributed by atoms with Gasteiger partial charge in [-0.1, -0.05) is 12.1 Å². The Kier molecular flexibility index (Phi) is 4.09. The quantitative estimate of drug-likeness (QED) is 0.794. The molecule has 0 saturated heterocycles. The van der Waals surface area contributed by atoms with E-state index >= 15 is 0 Å². The Balaban J connectivity index is 0.000000134. The number of para-hydroxylation sites is 1. The van der Waals surface area contributed by atoms with Gasteiger partial charge in [0, 0.05) is 12.8 Å². The number of carbonyl (C=O) groups is 1. The first-order chi connectivity index (χ1) is 8.57. The minimum Gasteiger partial charge on any atom is -0.390 e. The molecule has 0 atom stereocenters. The molecule has 3 nitrogen and oxygen atoms in total. The van der Waals surface area contributed by atoms with Crippen LogP contribution in [0.4, 0.5) is 0 Å². The average molecular weight is 263 g/mol. The third-order valence-electron chi connectivity index (χ3n) is 3.12. The number of benzene rings is 1. The first-order valence-electron chi connectivity index (χ1n) is 6.09. The van der Waals surface area contributed by atoms with Crippen LogP contribution in [0, 0.1) is 0 Å². The highest BCUT2D eigenvalue weighted by Crippen LogP contribution is 2.24. The van der Waals surface area contributed by atoms with Crippen LogP contribution in [0.2, 0.25) is 0 Å². The van der Waals surface area contributed by atoms with Gasteiger partial charge in [0.05, 0.1) is 21.3 Å². The van der Waals surface area contributed by atoms with Crippen LogP contribution < -0.4 is 0 Å². The molecule has 0 aliphatic heterocycles. The Hall–Kier alpha value is -1.26. The summed E-state index contributed by atoms with van der Waals surface area (Å²) < 4.78 is 1.26. The normalized spacial score (nSPS) is 18.2. The third kappa shape index (κ3) is 3.62. The summed E-state index contributed by atoms with van der Waals surface area (Å²) >= 11 is 1.68. The monoisotopic (exact) mass is 263 g/mol. The summed E-state index contributed by atoms with van der Waals surface area (Å²) in [5.74, 6) is 0.293. The van der Waals surface area contributed by atoms with Crippen molar-refractivity contribution >= 4 is 27.3 Å². The second-order valence-corrected chi connectivity index (χ2v) is 5.74. The number of thiazole rings is 1. The number of carbonyl (C=O) groups excluding carboxylic acids is 1. The molecule has 18 heavy (non-hydrogen) atoms. The lowest BCUT2D eigenvalue weighted by Crippen LogP contribution is -2.30. The molecule has 1 aromatic carbocycles. The van der Waals surface area contributed by atoms with Crippen LogP contribution in [0.3, 0.4) is 0 Å². The van der Waals surface area contributed by atoms with E-state index in [4.69, 9.17) is 0 Å². The number of rotatable bonds is 0. The number of nitrogens with zero attached hydrogens (tertiary/aromatic N) is 1. The Morgan fingerprint density at radius 1 is 1.28 bits per heavy atom. The number of hydrogen-bond donors (Lipinski definition) is 1. The molecule has 1 aliphatic rings. The molecular weight excluding hydrogens is 246 g/mol. The SMILES string of the molecule is CC1(O)CCC(=O)CC1.c1ccc2scnc2c1. The largest absolute Gasteiger partial charge is 0.390 e. The minimum atomic E-state index is -0.562. The lowest BCUT2D eigenvalue weighted by atomic mass is 9.86. The van der Waals surface area contributed by atoms with Crippen LogP contribution in [0.5, 0.6) is 0 Å². The maximum absolute atomic E-state index is 10.6. The molecule has 4 heteroatoms. The summed E-state index contributed by atoms with van der Waals surface area (Å²) in [5, 5.41) is 9.34. The Bertz CT molecular complexity index is 491. The molecule has 0 spiro atoms. The van der Waals surface area contributed by atoms with E-state index in [-0.39, 0.29) is 0 Å². The molecular formula is C14H17NO2S. The Labute approximate surface area is 110 Å². The van der Waals surface area contributed by atoms with Crippen molar-refractivity contribution in [2.24, 2.45) is 0 Å².